The molecule has 0 bridgehead atoms. The lowest BCUT2D eigenvalue weighted by molar-refractivity contribution is -0.119. The standard InChI is InChI=1S/C13H17N3O2/c14-13(18)10-3-1-9(2-4-10)7-15-8-11-5-6-12(17)16-11/h1-4,11,15H,5-8H2,(H2,14,18)(H,16,17). The number of carbonyl (C=O) groups is 2. The fraction of sp³-hybridized carbons (Fsp3) is 0.385. The van der Waals surface area contributed by atoms with Crippen LogP contribution in [0.1, 0.15) is 28.8 Å². The predicted octanol–water partition coefficient (Wildman–Crippen LogP) is 0.154. The van der Waals surface area contributed by atoms with Crippen molar-refractivity contribution in [1.82, 2.24) is 10.6 Å². The van der Waals surface area contributed by atoms with E-state index in [0.717, 1.165) is 18.5 Å². The highest BCUT2D eigenvalue weighted by molar-refractivity contribution is 5.92. The molecule has 0 aromatic heterocycles. The molecule has 1 aromatic carbocycles. The van der Waals surface area contributed by atoms with Crippen molar-refractivity contribution in [2.75, 3.05) is 6.54 Å². The average molecular weight is 247 g/mol. The quantitative estimate of drug-likeness (QED) is 0.692. The summed E-state index contributed by atoms with van der Waals surface area (Å²) in [5, 5.41) is 6.18. The summed E-state index contributed by atoms with van der Waals surface area (Å²) in [4.78, 5) is 21.9. The van der Waals surface area contributed by atoms with E-state index >= 15 is 0 Å². The zero-order chi connectivity index (χ0) is 13.0. The van der Waals surface area contributed by atoms with E-state index in [2.05, 4.69) is 10.6 Å². The number of nitrogens with one attached hydrogen (secondary N) is 2. The molecule has 1 aliphatic rings. The molecule has 0 radical (unpaired) electrons. The van der Waals surface area contributed by atoms with Crippen molar-refractivity contribution in [3.63, 3.8) is 0 Å². The zero-order valence-corrected chi connectivity index (χ0v) is 10.1. The Balaban J connectivity index is 1.76. The average Bonchev–Trinajstić information content (AvgIpc) is 2.76. The van der Waals surface area contributed by atoms with Gasteiger partial charge in [0.25, 0.3) is 0 Å². The van der Waals surface area contributed by atoms with E-state index < -0.39 is 5.91 Å². The second kappa shape index (κ2) is 5.64. The van der Waals surface area contributed by atoms with Crippen LogP contribution < -0.4 is 16.4 Å². The summed E-state index contributed by atoms with van der Waals surface area (Å²) in [5.41, 5.74) is 6.77. The van der Waals surface area contributed by atoms with Gasteiger partial charge in [-0.25, -0.2) is 0 Å². The number of primary amides is 1. The van der Waals surface area contributed by atoms with Crippen LogP contribution in [0.2, 0.25) is 0 Å². The Morgan fingerprint density at radius 3 is 2.67 bits per heavy atom. The minimum atomic E-state index is -0.414. The molecule has 0 aliphatic carbocycles. The van der Waals surface area contributed by atoms with Gasteiger partial charge in [0, 0.05) is 31.1 Å². The summed E-state index contributed by atoms with van der Waals surface area (Å²) in [7, 11) is 0. The summed E-state index contributed by atoms with van der Waals surface area (Å²) >= 11 is 0. The highest BCUT2D eigenvalue weighted by atomic mass is 16.2. The van der Waals surface area contributed by atoms with E-state index in [1.54, 1.807) is 12.1 Å². The van der Waals surface area contributed by atoms with Crippen molar-refractivity contribution < 1.29 is 9.59 Å². The van der Waals surface area contributed by atoms with E-state index in [0.29, 0.717) is 18.5 Å². The molecule has 1 heterocycles. The van der Waals surface area contributed by atoms with Gasteiger partial charge in [0.15, 0.2) is 0 Å². The van der Waals surface area contributed by atoms with Crippen molar-refractivity contribution in [2.24, 2.45) is 5.73 Å². The smallest absolute Gasteiger partial charge is 0.248 e. The maximum atomic E-state index is 11.0. The molecule has 0 saturated carbocycles. The molecule has 0 spiro atoms. The second-order valence-electron chi connectivity index (χ2n) is 4.50. The molecule has 1 aliphatic heterocycles. The van der Waals surface area contributed by atoms with Crippen LogP contribution >= 0.6 is 0 Å². The fourth-order valence-corrected chi connectivity index (χ4v) is 2.01. The monoisotopic (exact) mass is 247 g/mol. The summed E-state index contributed by atoms with van der Waals surface area (Å²) < 4.78 is 0. The highest BCUT2D eigenvalue weighted by Crippen LogP contribution is 2.06. The van der Waals surface area contributed by atoms with Crippen LogP contribution in [0.4, 0.5) is 0 Å². The third-order valence-corrected chi connectivity index (χ3v) is 3.04. The molecule has 5 heteroatoms. The van der Waals surface area contributed by atoms with Gasteiger partial charge in [-0.15, -0.1) is 0 Å². The van der Waals surface area contributed by atoms with Crippen molar-refractivity contribution in [2.45, 2.75) is 25.4 Å². The number of rotatable bonds is 5. The second-order valence-corrected chi connectivity index (χ2v) is 4.50. The summed E-state index contributed by atoms with van der Waals surface area (Å²) in [5.74, 6) is -0.282. The van der Waals surface area contributed by atoms with Gasteiger partial charge in [-0.2, -0.15) is 0 Å². The van der Waals surface area contributed by atoms with Crippen LogP contribution in [0.5, 0.6) is 0 Å². The number of hydrogen-bond acceptors (Lipinski definition) is 3. The molecule has 4 N–H and O–H groups in total. The SMILES string of the molecule is NC(=O)c1ccc(CNCC2CCC(=O)N2)cc1. The first-order chi connectivity index (χ1) is 8.65. The summed E-state index contributed by atoms with van der Waals surface area (Å²) in [6.45, 7) is 1.48. The fourth-order valence-electron chi connectivity index (χ4n) is 2.01. The summed E-state index contributed by atoms with van der Waals surface area (Å²) in [6.07, 6.45) is 1.52. The molecule has 96 valence electrons. The number of hydrogen-bond donors (Lipinski definition) is 3. The van der Waals surface area contributed by atoms with E-state index in [1.807, 2.05) is 12.1 Å². The van der Waals surface area contributed by atoms with Gasteiger partial charge < -0.3 is 16.4 Å². The molecule has 18 heavy (non-hydrogen) atoms. The molecule has 2 rings (SSSR count). The maximum Gasteiger partial charge on any atom is 0.248 e. The molecule has 1 aromatic rings. The molecular weight excluding hydrogens is 230 g/mol. The van der Waals surface area contributed by atoms with Crippen LogP contribution in [-0.4, -0.2) is 24.4 Å². The lowest BCUT2D eigenvalue weighted by Gasteiger charge is -2.11. The van der Waals surface area contributed by atoms with Crippen molar-refractivity contribution in [3.05, 3.63) is 35.4 Å². The maximum absolute atomic E-state index is 11.0. The van der Waals surface area contributed by atoms with Crippen LogP contribution in [0.3, 0.4) is 0 Å². The highest BCUT2D eigenvalue weighted by Gasteiger charge is 2.19. The molecule has 1 fully saturated rings. The molecule has 1 unspecified atom stereocenters. The number of amides is 2. The normalized spacial score (nSPS) is 18.7. The third kappa shape index (κ3) is 3.30. The van der Waals surface area contributed by atoms with Gasteiger partial charge in [-0.3, -0.25) is 9.59 Å². The van der Waals surface area contributed by atoms with Gasteiger partial charge in [-0.1, -0.05) is 12.1 Å². The van der Waals surface area contributed by atoms with Crippen LogP contribution in [0, 0.1) is 0 Å². The topological polar surface area (TPSA) is 84.2 Å². The molecule has 5 nitrogen and oxygen atoms in total. The Hall–Kier alpha value is -1.88. The lowest BCUT2D eigenvalue weighted by Crippen LogP contribution is -2.35. The Morgan fingerprint density at radius 2 is 2.11 bits per heavy atom. The molecule has 2 amide bonds. The molecule has 1 atom stereocenters. The molecule has 1 saturated heterocycles. The minimum absolute atomic E-state index is 0.132. The Bertz CT molecular complexity index is 442. The number of carbonyl (C=O) groups excluding carboxylic acids is 2. The Kier molecular flexibility index (Phi) is 3.94. The predicted molar refractivity (Wildman–Crippen MR) is 67.8 cm³/mol. The largest absolute Gasteiger partial charge is 0.366 e. The lowest BCUT2D eigenvalue weighted by atomic mass is 10.1. The first kappa shape index (κ1) is 12.6. The summed E-state index contributed by atoms with van der Waals surface area (Å²) in [6, 6.07) is 7.43. The van der Waals surface area contributed by atoms with Gasteiger partial charge in [0.2, 0.25) is 11.8 Å². The molecular formula is C13H17N3O2. The van der Waals surface area contributed by atoms with Gasteiger partial charge in [-0.05, 0) is 24.1 Å². The van der Waals surface area contributed by atoms with Crippen molar-refractivity contribution in [1.29, 1.82) is 0 Å². The van der Waals surface area contributed by atoms with E-state index in [1.165, 1.54) is 0 Å². The minimum Gasteiger partial charge on any atom is -0.366 e. The van der Waals surface area contributed by atoms with Crippen LogP contribution in [-0.2, 0) is 11.3 Å². The first-order valence-electron chi connectivity index (χ1n) is 6.04. The van der Waals surface area contributed by atoms with Crippen LogP contribution in [0.15, 0.2) is 24.3 Å². The van der Waals surface area contributed by atoms with Gasteiger partial charge in [0.05, 0.1) is 0 Å². The van der Waals surface area contributed by atoms with Crippen molar-refractivity contribution >= 4 is 11.8 Å². The number of benzene rings is 1. The van der Waals surface area contributed by atoms with E-state index in [-0.39, 0.29) is 11.9 Å². The number of nitrogens with two attached hydrogens (primary N) is 1. The van der Waals surface area contributed by atoms with E-state index in [9.17, 15) is 9.59 Å². The zero-order valence-electron chi connectivity index (χ0n) is 10.1. The van der Waals surface area contributed by atoms with Crippen molar-refractivity contribution in [3.8, 4) is 0 Å². The van der Waals surface area contributed by atoms with Crippen LogP contribution in [0.25, 0.3) is 0 Å². The Labute approximate surface area is 106 Å². The Morgan fingerprint density at radius 1 is 1.39 bits per heavy atom. The third-order valence-electron chi connectivity index (χ3n) is 3.04. The van der Waals surface area contributed by atoms with E-state index in [4.69, 9.17) is 5.73 Å². The van der Waals surface area contributed by atoms with Gasteiger partial charge in [0.1, 0.15) is 0 Å². The van der Waals surface area contributed by atoms with Gasteiger partial charge >= 0.3 is 0 Å². The first-order valence-corrected chi connectivity index (χ1v) is 6.04.